The van der Waals surface area contributed by atoms with E-state index in [1.807, 2.05) is 44.9 Å². The first-order chi connectivity index (χ1) is 7.84. The molecule has 0 amide bonds. The summed E-state index contributed by atoms with van der Waals surface area (Å²) in [5.41, 5.74) is 0. The normalized spacial score (nSPS) is 20.5. The Labute approximate surface area is 121 Å². The maximum absolute atomic E-state index is 10.9. The van der Waals surface area contributed by atoms with Gasteiger partial charge in [0.05, 0.1) is 13.0 Å². The number of ether oxygens (including phenoxy) is 1. The molecular formula is C14H14O2Ti. The van der Waals surface area contributed by atoms with E-state index in [2.05, 4.69) is 4.74 Å². The molecule has 2 aliphatic carbocycles. The predicted molar refractivity (Wildman–Crippen MR) is 62.6 cm³/mol. The SMILES string of the molecule is COC(=O)[C]1[CH][CH][CH][CH][CH][CH]1.[CH]1[CH][CH][CH][CH]1.[Ti]. The van der Waals surface area contributed by atoms with Crippen LogP contribution in [0.15, 0.2) is 0 Å². The molecule has 0 aromatic carbocycles. The van der Waals surface area contributed by atoms with Gasteiger partial charge in [-0.3, -0.25) is 4.79 Å². The molecule has 0 spiro atoms. The third-order valence-corrected chi connectivity index (χ3v) is 1.86. The van der Waals surface area contributed by atoms with E-state index < -0.39 is 0 Å². The van der Waals surface area contributed by atoms with Gasteiger partial charge >= 0.3 is 5.97 Å². The summed E-state index contributed by atoms with van der Waals surface area (Å²) in [7, 11) is 1.37. The van der Waals surface area contributed by atoms with Crippen LogP contribution >= 0.6 is 0 Å². The number of hydrogen-bond acceptors (Lipinski definition) is 2. The van der Waals surface area contributed by atoms with Gasteiger partial charge in [-0.05, 0) is 70.6 Å². The van der Waals surface area contributed by atoms with Crippen LogP contribution in [0.5, 0.6) is 0 Å². The van der Waals surface area contributed by atoms with Crippen LogP contribution in [0.1, 0.15) is 0 Å². The second kappa shape index (κ2) is 11.3. The Kier molecular flexibility index (Phi) is 11.4. The molecule has 2 rings (SSSR count). The molecule has 2 saturated carbocycles. The minimum atomic E-state index is -0.304. The summed E-state index contributed by atoms with van der Waals surface area (Å²) in [6.07, 6.45) is 20.7. The largest absolute Gasteiger partial charge is 0.469 e. The number of carbonyl (C=O) groups is 1. The first-order valence-corrected chi connectivity index (χ1v) is 4.98. The predicted octanol–water partition coefficient (Wildman–Crippen LogP) is 1.99. The van der Waals surface area contributed by atoms with Crippen molar-refractivity contribution in [1.29, 1.82) is 0 Å². The summed E-state index contributed by atoms with van der Waals surface area (Å²) in [6, 6.07) is 0. The van der Waals surface area contributed by atoms with Gasteiger partial charge in [0, 0.05) is 21.7 Å². The monoisotopic (exact) mass is 262 g/mol. The first kappa shape index (κ1) is 17.2. The molecule has 0 atom stereocenters. The van der Waals surface area contributed by atoms with Gasteiger partial charge in [0.2, 0.25) is 0 Å². The van der Waals surface area contributed by atoms with Crippen LogP contribution in [-0.2, 0) is 31.2 Å². The fourth-order valence-electron chi connectivity index (χ4n) is 1.08. The van der Waals surface area contributed by atoms with Crippen molar-refractivity contribution in [3.8, 4) is 0 Å². The molecule has 0 N–H and O–H groups in total. The van der Waals surface area contributed by atoms with Gasteiger partial charge in [0.1, 0.15) is 0 Å². The minimum Gasteiger partial charge on any atom is -0.469 e. The minimum absolute atomic E-state index is 0. The number of rotatable bonds is 1. The van der Waals surface area contributed by atoms with Gasteiger partial charge in [0.25, 0.3) is 0 Å². The van der Waals surface area contributed by atoms with Crippen molar-refractivity contribution >= 4 is 5.97 Å². The van der Waals surface area contributed by atoms with Crippen molar-refractivity contribution in [3.05, 3.63) is 76.5 Å². The third-order valence-electron chi connectivity index (χ3n) is 1.86. The summed E-state index contributed by atoms with van der Waals surface area (Å²) >= 11 is 0. The van der Waals surface area contributed by atoms with E-state index in [0.717, 1.165) is 0 Å². The van der Waals surface area contributed by atoms with Crippen LogP contribution in [-0.4, -0.2) is 13.1 Å². The second-order valence-electron chi connectivity index (χ2n) is 3.01. The molecule has 0 aromatic heterocycles. The molecule has 0 saturated heterocycles. The zero-order chi connectivity index (χ0) is 11.6. The summed E-state index contributed by atoms with van der Waals surface area (Å²) in [5.74, 6) is 0.263. The average Bonchev–Trinajstić information content (AvgIpc) is 2.78. The van der Waals surface area contributed by atoms with Gasteiger partial charge in [-0.25, -0.2) is 0 Å². The topological polar surface area (TPSA) is 26.3 Å². The molecule has 17 heavy (non-hydrogen) atoms. The van der Waals surface area contributed by atoms with E-state index in [4.69, 9.17) is 0 Å². The van der Waals surface area contributed by atoms with Crippen LogP contribution in [0.4, 0.5) is 0 Å². The summed E-state index contributed by atoms with van der Waals surface area (Å²) in [4.78, 5) is 10.9. The number of carbonyl (C=O) groups excluding carboxylic acids is 1. The molecule has 12 radical (unpaired) electrons. The molecule has 86 valence electrons. The Balaban J connectivity index is 0.000000360. The smallest absolute Gasteiger partial charge is 0.313 e. The van der Waals surface area contributed by atoms with Crippen LogP contribution < -0.4 is 0 Å². The Bertz CT molecular complexity index is 175. The number of hydrogen-bond donors (Lipinski definition) is 0. The zero-order valence-electron chi connectivity index (χ0n) is 9.67. The quantitative estimate of drug-likeness (QED) is 0.410. The fourth-order valence-corrected chi connectivity index (χ4v) is 1.08. The molecule has 2 fully saturated rings. The molecule has 3 heteroatoms. The summed E-state index contributed by atoms with van der Waals surface area (Å²) in [5, 5.41) is 0. The van der Waals surface area contributed by atoms with Crippen molar-refractivity contribution in [2.24, 2.45) is 0 Å². The standard InChI is InChI=1S/C9H9O2.C5H5.Ti/c1-11-9(10)8-6-4-2-3-5-7-8;1-2-4-5-3-1;/h2-7H,1H3;1-5H;. The molecule has 0 bridgehead atoms. The van der Waals surface area contributed by atoms with E-state index in [9.17, 15) is 4.79 Å². The van der Waals surface area contributed by atoms with Gasteiger partial charge in [0.15, 0.2) is 0 Å². The maximum Gasteiger partial charge on any atom is 0.313 e. The average molecular weight is 262 g/mol. The van der Waals surface area contributed by atoms with Crippen molar-refractivity contribution in [1.82, 2.24) is 0 Å². The molecule has 0 aromatic rings. The summed E-state index contributed by atoms with van der Waals surface area (Å²) < 4.78 is 4.54. The Morgan fingerprint density at radius 3 is 1.53 bits per heavy atom. The summed E-state index contributed by atoms with van der Waals surface area (Å²) in [6.45, 7) is 0. The van der Waals surface area contributed by atoms with E-state index in [1.165, 1.54) is 7.11 Å². The van der Waals surface area contributed by atoms with Gasteiger partial charge in [-0.1, -0.05) is 0 Å². The third kappa shape index (κ3) is 7.99. The molecule has 0 unspecified atom stereocenters. The van der Waals surface area contributed by atoms with Crippen molar-refractivity contribution in [2.45, 2.75) is 0 Å². The van der Waals surface area contributed by atoms with Crippen LogP contribution in [0.3, 0.4) is 0 Å². The first-order valence-electron chi connectivity index (χ1n) is 4.98. The van der Waals surface area contributed by atoms with Crippen LogP contribution in [0, 0.1) is 76.5 Å². The fraction of sp³-hybridized carbons (Fsp3) is 0.0714. The molecular weight excluding hydrogens is 248 g/mol. The van der Waals surface area contributed by atoms with E-state index in [-0.39, 0.29) is 27.7 Å². The molecule has 2 nitrogen and oxygen atoms in total. The molecule has 0 heterocycles. The Morgan fingerprint density at radius 1 is 0.824 bits per heavy atom. The van der Waals surface area contributed by atoms with Crippen molar-refractivity contribution in [3.63, 3.8) is 0 Å². The van der Waals surface area contributed by atoms with Gasteiger partial charge < -0.3 is 4.74 Å². The molecule has 2 aliphatic rings. The second-order valence-corrected chi connectivity index (χ2v) is 3.01. The number of esters is 1. The van der Waals surface area contributed by atoms with Crippen molar-refractivity contribution < 1.29 is 31.2 Å². The molecule has 0 aliphatic heterocycles. The van der Waals surface area contributed by atoms with Gasteiger partial charge in [-0.2, -0.15) is 0 Å². The van der Waals surface area contributed by atoms with Crippen LogP contribution in [0.2, 0.25) is 0 Å². The zero-order valence-corrected chi connectivity index (χ0v) is 11.2. The van der Waals surface area contributed by atoms with Crippen LogP contribution in [0.25, 0.3) is 0 Å². The van der Waals surface area contributed by atoms with E-state index in [1.54, 1.807) is 25.7 Å². The van der Waals surface area contributed by atoms with E-state index in [0.29, 0.717) is 5.92 Å². The van der Waals surface area contributed by atoms with E-state index >= 15 is 0 Å². The number of methoxy groups -OCH3 is 1. The van der Waals surface area contributed by atoms with Crippen molar-refractivity contribution in [2.75, 3.05) is 7.11 Å². The van der Waals surface area contributed by atoms with Gasteiger partial charge in [-0.15, -0.1) is 0 Å². The maximum atomic E-state index is 10.9. The Hall–Kier alpha value is 0.184. The Morgan fingerprint density at radius 2 is 1.18 bits per heavy atom.